The van der Waals surface area contributed by atoms with Gasteiger partial charge in [-0.2, -0.15) is 0 Å². The van der Waals surface area contributed by atoms with Crippen molar-refractivity contribution in [2.75, 3.05) is 13.2 Å². The summed E-state index contributed by atoms with van der Waals surface area (Å²) in [6.45, 7) is -0.485. The monoisotopic (exact) mass is 272 g/mol. The average molecular weight is 273 g/mol. The second kappa shape index (κ2) is 3.50. The molecule has 1 heterocycles. The summed E-state index contributed by atoms with van der Waals surface area (Å²) in [5.41, 5.74) is -0.781. The maximum Gasteiger partial charge on any atom is 0.320 e. The highest BCUT2D eigenvalue weighted by Gasteiger charge is 2.47. The molecule has 0 radical (unpaired) electrons. The minimum Gasteiger partial charge on any atom is -0.492 e. The number of aliphatic hydroxyl groups is 1. The molecule has 1 atom stereocenters. The summed E-state index contributed by atoms with van der Waals surface area (Å²) < 4.78 is 6.10. The summed E-state index contributed by atoms with van der Waals surface area (Å²) >= 11 is 3.27. The Hall–Kier alpha value is -1.07. The van der Waals surface area contributed by atoms with Crippen molar-refractivity contribution in [1.82, 2.24) is 0 Å². The fourth-order valence-electron chi connectivity index (χ4n) is 1.67. The van der Waals surface area contributed by atoms with Crippen molar-refractivity contribution in [3.8, 4) is 5.75 Å². The molecule has 80 valence electrons. The first-order valence-electron chi connectivity index (χ1n) is 4.37. The Morgan fingerprint density at radius 1 is 1.60 bits per heavy atom. The van der Waals surface area contributed by atoms with E-state index < -0.39 is 18.0 Å². The quantitative estimate of drug-likeness (QED) is 0.848. The van der Waals surface area contributed by atoms with E-state index in [1.165, 1.54) is 0 Å². The number of aliphatic carboxylic acids is 1. The number of aliphatic hydroxyl groups excluding tert-OH is 1. The van der Waals surface area contributed by atoms with Gasteiger partial charge >= 0.3 is 5.97 Å². The summed E-state index contributed by atoms with van der Waals surface area (Å²) in [7, 11) is 0. The number of carboxylic acids is 1. The van der Waals surface area contributed by atoms with E-state index in [0.717, 1.165) is 4.47 Å². The first kappa shape index (κ1) is 10.4. The Morgan fingerprint density at radius 2 is 2.33 bits per heavy atom. The van der Waals surface area contributed by atoms with Gasteiger partial charge in [0.25, 0.3) is 0 Å². The lowest BCUT2D eigenvalue weighted by Crippen LogP contribution is -2.41. The second-order valence-electron chi connectivity index (χ2n) is 3.47. The zero-order valence-electron chi connectivity index (χ0n) is 7.74. The highest BCUT2D eigenvalue weighted by atomic mass is 79.9. The summed E-state index contributed by atoms with van der Waals surface area (Å²) in [5.74, 6) is -0.549. The molecule has 0 spiro atoms. The van der Waals surface area contributed by atoms with Crippen LogP contribution in [0.4, 0.5) is 0 Å². The Kier molecular flexibility index (Phi) is 2.44. The van der Waals surface area contributed by atoms with E-state index in [1.54, 1.807) is 18.2 Å². The minimum atomic E-state index is -1.31. The highest BCUT2D eigenvalue weighted by Crippen LogP contribution is 2.40. The maximum atomic E-state index is 11.2. The van der Waals surface area contributed by atoms with E-state index in [-0.39, 0.29) is 6.61 Å². The van der Waals surface area contributed by atoms with Gasteiger partial charge in [-0.05, 0) is 12.1 Å². The number of hydrogen-bond acceptors (Lipinski definition) is 3. The van der Waals surface area contributed by atoms with Crippen LogP contribution in [-0.2, 0) is 10.2 Å². The Morgan fingerprint density at radius 3 is 2.93 bits per heavy atom. The Labute approximate surface area is 94.6 Å². The van der Waals surface area contributed by atoms with Crippen molar-refractivity contribution in [3.05, 3.63) is 28.2 Å². The molecule has 0 saturated heterocycles. The van der Waals surface area contributed by atoms with Gasteiger partial charge in [0.05, 0.1) is 6.61 Å². The lowest BCUT2D eigenvalue weighted by atomic mass is 9.83. The number of halogens is 1. The number of ether oxygens (including phenoxy) is 1. The number of carboxylic acid groups (broad SMARTS) is 1. The number of rotatable bonds is 2. The molecule has 1 aromatic rings. The zero-order chi connectivity index (χ0) is 11.1. The van der Waals surface area contributed by atoms with E-state index in [0.29, 0.717) is 11.3 Å². The van der Waals surface area contributed by atoms with Crippen molar-refractivity contribution in [3.63, 3.8) is 0 Å². The van der Waals surface area contributed by atoms with E-state index in [4.69, 9.17) is 9.84 Å². The van der Waals surface area contributed by atoms with Gasteiger partial charge in [0.2, 0.25) is 0 Å². The van der Waals surface area contributed by atoms with Gasteiger partial charge in [-0.3, -0.25) is 4.79 Å². The summed E-state index contributed by atoms with van der Waals surface area (Å²) in [4.78, 5) is 11.2. The molecular weight excluding hydrogens is 264 g/mol. The molecular formula is C10H9BrO4. The van der Waals surface area contributed by atoms with Crippen LogP contribution in [0.1, 0.15) is 5.56 Å². The third-order valence-electron chi connectivity index (χ3n) is 2.61. The van der Waals surface area contributed by atoms with Gasteiger partial charge in [0.1, 0.15) is 12.4 Å². The van der Waals surface area contributed by atoms with Crippen molar-refractivity contribution in [1.29, 1.82) is 0 Å². The Balaban J connectivity index is 2.56. The highest BCUT2D eigenvalue weighted by molar-refractivity contribution is 9.10. The summed E-state index contributed by atoms with van der Waals surface area (Å²) in [5, 5.41) is 18.4. The molecule has 1 aliphatic heterocycles. The van der Waals surface area contributed by atoms with Crippen LogP contribution in [0.15, 0.2) is 22.7 Å². The zero-order valence-corrected chi connectivity index (χ0v) is 9.32. The Bertz CT molecular complexity index is 418. The van der Waals surface area contributed by atoms with E-state index in [9.17, 15) is 9.90 Å². The van der Waals surface area contributed by atoms with E-state index >= 15 is 0 Å². The van der Waals surface area contributed by atoms with Crippen LogP contribution >= 0.6 is 15.9 Å². The topological polar surface area (TPSA) is 66.8 Å². The molecule has 0 amide bonds. The molecule has 5 heteroatoms. The largest absolute Gasteiger partial charge is 0.492 e. The molecule has 15 heavy (non-hydrogen) atoms. The van der Waals surface area contributed by atoms with Gasteiger partial charge < -0.3 is 14.9 Å². The SMILES string of the molecule is O=C(O)C1(CO)COc2cc(Br)ccc21. The number of benzene rings is 1. The normalized spacial score (nSPS) is 23.3. The predicted molar refractivity (Wildman–Crippen MR) is 56.0 cm³/mol. The maximum absolute atomic E-state index is 11.2. The smallest absolute Gasteiger partial charge is 0.320 e. The second-order valence-corrected chi connectivity index (χ2v) is 4.39. The first-order chi connectivity index (χ1) is 7.10. The third-order valence-corrected chi connectivity index (χ3v) is 3.11. The summed E-state index contributed by atoms with van der Waals surface area (Å²) in [6, 6.07) is 5.10. The number of carbonyl (C=O) groups is 1. The van der Waals surface area contributed by atoms with Crippen molar-refractivity contribution in [2.24, 2.45) is 0 Å². The van der Waals surface area contributed by atoms with E-state index in [1.807, 2.05) is 0 Å². The molecule has 2 N–H and O–H groups in total. The molecule has 0 aliphatic carbocycles. The van der Waals surface area contributed by atoms with Crippen molar-refractivity contribution >= 4 is 21.9 Å². The van der Waals surface area contributed by atoms with Gasteiger partial charge in [-0.15, -0.1) is 0 Å². The molecule has 1 unspecified atom stereocenters. The molecule has 4 nitrogen and oxygen atoms in total. The standard InChI is InChI=1S/C10H9BrO4/c11-6-1-2-7-8(3-6)15-5-10(7,4-12)9(13)14/h1-3,12H,4-5H2,(H,13,14). The lowest BCUT2D eigenvalue weighted by Gasteiger charge is -2.19. The summed E-state index contributed by atoms with van der Waals surface area (Å²) in [6.07, 6.45) is 0. The van der Waals surface area contributed by atoms with Gasteiger partial charge in [-0.25, -0.2) is 0 Å². The fraction of sp³-hybridized carbons (Fsp3) is 0.300. The number of fused-ring (bicyclic) bond motifs is 1. The molecule has 2 rings (SSSR count). The molecule has 0 aromatic heterocycles. The van der Waals surface area contributed by atoms with Gasteiger partial charge in [0, 0.05) is 10.0 Å². The molecule has 0 saturated carbocycles. The van der Waals surface area contributed by atoms with Crippen LogP contribution in [0.2, 0.25) is 0 Å². The third kappa shape index (κ3) is 1.42. The molecule has 1 aromatic carbocycles. The average Bonchev–Trinajstić information content (AvgIpc) is 2.56. The van der Waals surface area contributed by atoms with Gasteiger partial charge in [-0.1, -0.05) is 22.0 Å². The van der Waals surface area contributed by atoms with Gasteiger partial charge in [0.15, 0.2) is 5.41 Å². The van der Waals surface area contributed by atoms with Crippen LogP contribution < -0.4 is 4.74 Å². The van der Waals surface area contributed by atoms with Crippen molar-refractivity contribution < 1.29 is 19.7 Å². The predicted octanol–water partition coefficient (Wildman–Crippen LogP) is 1.16. The fourth-order valence-corrected chi connectivity index (χ4v) is 2.01. The number of hydrogen-bond donors (Lipinski definition) is 2. The van der Waals surface area contributed by atoms with E-state index in [2.05, 4.69) is 15.9 Å². The lowest BCUT2D eigenvalue weighted by molar-refractivity contribution is -0.146. The first-order valence-corrected chi connectivity index (χ1v) is 5.16. The minimum absolute atomic E-state index is 0.0232. The van der Waals surface area contributed by atoms with Crippen LogP contribution in [0, 0.1) is 0 Å². The molecule has 1 aliphatic rings. The van der Waals surface area contributed by atoms with Crippen molar-refractivity contribution in [2.45, 2.75) is 5.41 Å². The van der Waals surface area contributed by atoms with Crippen LogP contribution in [0.3, 0.4) is 0 Å². The molecule has 0 fully saturated rings. The molecule has 0 bridgehead atoms. The van der Waals surface area contributed by atoms with Crippen LogP contribution in [-0.4, -0.2) is 29.4 Å². The van der Waals surface area contributed by atoms with Crippen LogP contribution in [0.25, 0.3) is 0 Å². The van der Waals surface area contributed by atoms with Crippen LogP contribution in [0.5, 0.6) is 5.75 Å².